The monoisotopic (exact) mass is 311 g/mol. The van der Waals surface area contributed by atoms with Crippen LogP contribution in [-0.4, -0.2) is 24.1 Å². The second-order valence-corrected chi connectivity index (χ2v) is 5.59. The Morgan fingerprint density at radius 2 is 2.10 bits per heavy atom. The Kier molecular flexibility index (Phi) is 5.07. The summed E-state index contributed by atoms with van der Waals surface area (Å²) in [6.45, 7) is 0.274. The molecule has 1 aliphatic carbocycles. The first-order valence-corrected chi connectivity index (χ1v) is 7.22. The summed E-state index contributed by atoms with van der Waals surface area (Å²) in [5.74, 6) is -0.966. The van der Waals surface area contributed by atoms with E-state index in [4.69, 9.17) is 21.4 Å². The average Bonchev–Trinajstić information content (AvgIpc) is 2.95. The molecular weight excluding hydrogens is 294 g/mol. The standard InChI is InChI=1S/C15H18ClNO4/c1-21-13-4-2-3-12(16)11(13)8-17-14(18)9-5-6-10(7-9)15(19)20/h2-4,9-10H,5-8H2,1H3,(H,17,18)(H,19,20)/t9-,10+/m1/s1. The van der Waals surface area contributed by atoms with Gasteiger partial charge in [0.05, 0.1) is 13.0 Å². The number of rotatable bonds is 5. The van der Waals surface area contributed by atoms with Crippen molar-refractivity contribution in [2.24, 2.45) is 11.8 Å². The fourth-order valence-corrected chi connectivity index (χ4v) is 2.90. The van der Waals surface area contributed by atoms with Gasteiger partial charge in [-0.2, -0.15) is 0 Å². The first kappa shape index (κ1) is 15.6. The molecule has 1 saturated carbocycles. The normalized spacial score (nSPS) is 21.0. The number of carboxylic acid groups (broad SMARTS) is 1. The van der Waals surface area contributed by atoms with Crippen LogP contribution < -0.4 is 10.1 Å². The molecule has 0 aromatic heterocycles. The van der Waals surface area contributed by atoms with Crippen molar-refractivity contribution in [1.29, 1.82) is 0 Å². The largest absolute Gasteiger partial charge is 0.496 e. The van der Waals surface area contributed by atoms with Crippen molar-refractivity contribution >= 4 is 23.5 Å². The fourth-order valence-electron chi connectivity index (χ4n) is 2.67. The number of carboxylic acids is 1. The van der Waals surface area contributed by atoms with E-state index in [1.807, 2.05) is 0 Å². The third-order valence-corrected chi connectivity index (χ3v) is 4.24. The number of nitrogens with one attached hydrogen (secondary N) is 1. The second-order valence-electron chi connectivity index (χ2n) is 5.18. The second kappa shape index (κ2) is 6.80. The molecule has 0 saturated heterocycles. The maximum absolute atomic E-state index is 12.1. The van der Waals surface area contributed by atoms with Gasteiger partial charge < -0.3 is 15.2 Å². The Labute approximate surface area is 128 Å². The van der Waals surface area contributed by atoms with Gasteiger partial charge in [-0.15, -0.1) is 0 Å². The van der Waals surface area contributed by atoms with Crippen molar-refractivity contribution < 1.29 is 19.4 Å². The number of aliphatic carboxylic acids is 1. The number of benzene rings is 1. The predicted octanol–water partition coefficient (Wildman–Crippen LogP) is 2.47. The van der Waals surface area contributed by atoms with E-state index in [0.717, 1.165) is 5.56 Å². The summed E-state index contributed by atoms with van der Waals surface area (Å²) >= 11 is 6.11. The van der Waals surface area contributed by atoms with Gasteiger partial charge in [0.15, 0.2) is 0 Å². The average molecular weight is 312 g/mol. The lowest BCUT2D eigenvalue weighted by Gasteiger charge is -2.14. The van der Waals surface area contributed by atoms with Crippen LogP contribution in [0.5, 0.6) is 5.75 Å². The van der Waals surface area contributed by atoms with Crippen LogP contribution in [0.25, 0.3) is 0 Å². The first-order valence-electron chi connectivity index (χ1n) is 6.84. The highest BCUT2D eigenvalue weighted by Gasteiger charge is 2.33. The van der Waals surface area contributed by atoms with Crippen molar-refractivity contribution in [3.63, 3.8) is 0 Å². The lowest BCUT2D eigenvalue weighted by Crippen LogP contribution is -2.29. The van der Waals surface area contributed by atoms with E-state index in [0.29, 0.717) is 30.0 Å². The Morgan fingerprint density at radius 3 is 2.71 bits per heavy atom. The van der Waals surface area contributed by atoms with E-state index in [1.165, 1.54) is 0 Å². The lowest BCUT2D eigenvalue weighted by molar-refractivity contribution is -0.141. The maximum atomic E-state index is 12.1. The van der Waals surface area contributed by atoms with Gasteiger partial charge >= 0.3 is 5.97 Å². The molecule has 0 heterocycles. The number of carbonyl (C=O) groups is 2. The Balaban J connectivity index is 1.95. The third kappa shape index (κ3) is 3.67. The molecule has 1 aromatic carbocycles. The fraction of sp³-hybridized carbons (Fsp3) is 0.467. The van der Waals surface area contributed by atoms with Crippen LogP contribution in [0.4, 0.5) is 0 Å². The van der Waals surface area contributed by atoms with Crippen molar-refractivity contribution in [1.82, 2.24) is 5.32 Å². The van der Waals surface area contributed by atoms with Gasteiger partial charge in [-0.3, -0.25) is 9.59 Å². The van der Waals surface area contributed by atoms with Crippen LogP contribution >= 0.6 is 11.6 Å². The van der Waals surface area contributed by atoms with Crippen molar-refractivity contribution in [3.8, 4) is 5.75 Å². The Morgan fingerprint density at radius 1 is 1.38 bits per heavy atom. The molecule has 1 aromatic rings. The van der Waals surface area contributed by atoms with E-state index < -0.39 is 11.9 Å². The summed E-state index contributed by atoms with van der Waals surface area (Å²) in [6.07, 6.45) is 1.58. The molecule has 2 N–H and O–H groups in total. The predicted molar refractivity (Wildman–Crippen MR) is 78.3 cm³/mol. The molecule has 0 aliphatic heterocycles. The summed E-state index contributed by atoms with van der Waals surface area (Å²) in [5, 5.41) is 12.3. The van der Waals surface area contributed by atoms with E-state index in [-0.39, 0.29) is 18.4 Å². The lowest BCUT2D eigenvalue weighted by atomic mass is 10.0. The summed E-state index contributed by atoms with van der Waals surface area (Å²) < 4.78 is 5.22. The minimum absolute atomic E-state index is 0.124. The highest BCUT2D eigenvalue weighted by atomic mass is 35.5. The van der Waals surface area contributed by atoms with Crippen LogP contribution in [0, 0.1) is 11.8 Å². The molecule has 2 atom stereocenters. The topological polar surface area (TPSA) is 75.6 Å². The van der Waals surface area contributed by atoms with Crippen molar-refractivity contribution in [2.45, 2.75) is 25.8 Å². The first-order chi connectivity index (χ1) is 10.0. The number of ether oxygens (including phenoxy) is 1. The summed E-state index contributed by atoms with van der Waals surface area (Å²) in [7, 11) is 1.55. The Bertz CT molecular complexity index is 546. The molecule has 2 rings (SSSR count). The molecule has 1 aliphatic rings. The van der Waals surface area contributed by atoms with Crippen LogP contribution in [-0.2, 0) is 16.1 Å². The third-order valence-electron chi connectivity index (χ3n) is 3.89. The molecule has 1 fully saturated rings. The molecule has 6 heteroatoms. The summed E-state index contributed by atoms with van der Waals surface area (Å²) in [5.41, 5.74) is 0.725. The molecule has 114 valence electrons. The van der Waals surface area contributed by atoms with Gasteiger partial charge in [0.25, 0.3) is 0 Å². The molecular formula is C15H18ClNO4. The zero-order chi connectivity index (χ0) is 15.4. The zero-order valence-electron chi connectivity index (χ0n) is 11.8. The van der Waals surface area contributed by atoms with Gasteiger partial charge in [0.2, 0.25) is 5.91 Å². The molecule has 0 unspecified atom stereocenters. The number of hydrogen-bond acceptors (Lipinski definition) is 3. The number of hydrogen-bond donors (Lipinski definition) is 2. The summed E-state index contributed by atoms with van der Waals surface area (Å²) in [4.78, 5) is 23.0. The van der Waals surface area contributed by atoms with Gasteiger partial charge in [0, 0.05) is 23.0 Å². The van der Waals surface area contributed by atoms with Gasteiger partial charge in [-0.25, -0.2) is 0 Å². The molecule has 1 amide bonds. The van der Waals surface area contributed by atoms with Crippen molar-refractivity contribution in [2.75, 3.05) is 7.11 Å². The molecule has 21 heavy (non-hydrogen) atoms. The zero-order valence-corrected chi connectivity index (χ0v) is 12.5. The van der Waals surface area contributed by atoms with Gasteiger partial charge in [-0.1, -0.05) is 17.7 Å². The summed E-state index contributed by atoms with van der Waals surface area (Å²) in [6, 6.07) is 5.30. The maximum Gasteiger partial charge on any atom is 0.306 e. The molecule has 0 radical (unpaired) electrons. The number of halogens is 1. The quantitative estimate of drug-likeness (QED) is 0.876. The van der Waals surface area contributed by atoms with Gasteiger partial charge in [0.1, 0.15) is 5.75 Å². The van der Waals surface area contributed by atoms with E-state index in [1.54, 1.807) is 25.3 Å². The van der Waals surface area contributed by atoms with Crippen LogP contribution in [0.3, 0.4) is 0 Å². The molecule has 0 spiro atoms. The smallest absolute Gasteiger partial charge is 0.306 e. The van der Waals surface area contributed by atoms with E-state index in [2.05, 4.69) is 5.32 Å². The highest BCUT2D eigenvalue weighted by molar-refractivity contribution is 6.31. The molecule has 0 bridgehead atoms. The Hall–Kier alpha value is -1.75. The number of amides is 1. The molecule has 5 nitrogen and oxygen atoms in total. The minimum Gasteiger partial charge on any atom is -0.496 e. The van der Waals surface area contributed by atoms with Crippen molar-refractivity contribution in [3.05, 3.63) is 28.8 Å². The van der Waals surface area contributed by atoms with E-state index in [9.17, 15) is 9.59 Å². The van der Waals surface area contributed by atoms with Crippen LogP contribution in [0.15, 0.2) is 18.2 Å². The van der Waals surface area contributed by atoms with E-state index >= 15 is 0 Å². The minimum atomic E-state index is -0.821. The van der Waals surface area contributed by atoms with Crippen LogP contribution in [0.2, 0.25) is 5.02 Å². The highest BCUT2D eigenvalue weighted by Crippen LogP contribution is 2.31. The van der Waals surface area contributed by atoms with Crippen LogP contribution in [0.1, 0.15) is 24.8 Å². The SMILES string of the molecule is COc1cccc(Cl)c1CNC(=O)[C@@H]1CC[C@H](C(=O)O)C1. The van der Waals surface area contributed by atoms with Gasteiger partial charge in [-0.05, 0) is 31.4 Å². The number of methoxy groups -OCH3 is 1. The number of carbonyl (C=O) groups excluding carboxylic acids is 1.